The highest BCUT2D eigenvalue weighted by Crippen LogP contribution is 2.21. The van der Waals surface area contributed by atoms with Crippen LogP contribution in [-0.2, 0) is 11.2 Å². The number of hydrogen-bond donors (Lipinski definition) is 2. The lowest BCUT2D eigenvalue weighted by Crippen LogP contribution is -2.21. The Kier molecular flexibility index (Phi) is 5.39. The minimum atomic E-state index is -0.321. The van der Waals surface area contributed by atoms with Crippen molar-refractivity contribution in [3.8, 4) is 0 Å². The number of benzene rings is 1. The maximum absolute atomic E-state index is 11.4. The quantitative estimate of drug-likeness (QED) is 0.847. The largest absolute Gasteiger partial charge is 0.465 e. The summed E-state index contributed by atoms with van der Waals surface area (Å²) in [7, 11) is 1.38. The summed E-state index contributed by atoms with van der Waals surface area (Å²) in [6.45, 7) is 2.08. The molecule has 3 N–H and O–H groups in total. The predicted molar refractivity (Wildman–Crippen MR) is 78.9 cm³/mol. The molecule has 0 radical (unpaired) electrons. The zero-order chi connectivity index (χ0) is 13.1. The molecule has 0 fully saturated rings. The first-order chi connectivity index (χ1) is 8.65. The molecule has 1 unspecified atom stereocenters. The third-order valence-electron chi connectivity index (χ3n) is 3.20. The summed E-state index contributed by atoms with van der Waals surface area (Å²) in [6, 6.07) is 5.70. The summed E-state index contributed by atoms with van der Waals surface area (Å²) >= 11 is 0. The van der Waals surface area contributed by atoms with Gasteiger partial charge in [-0.15, -0.1) is 12.4 Å². The van der Waals surface area contributed by atoms with Crippen LogP contribution in [0.5, 0.6) is 0 Å². The molecule has 2 rings (SSSR count). The van der Waals surface area contributed by atoms with Gasteiger partial charge in [-0.1, -0.05) is 13.0 Å². The fourth-order valence-corrected chi connectivity index (χ4v) is 2.03. The number of carbonyl (C=O) groups excluding carboxylic acids is 1. The van der Waals surface area contributed by atoms with Gasteiger partial charge in [0.2, 0.25) is 0 Å². The number of esters is 1. The van der Waals surface area contributed by atoms with Gasteiger partial charge in [0.05, 0.1) is 12.7 Å². The van der Waals surface area contributed by atoms with Crippen molar-refractivity contribution in [2.24, 2.45) is 5.73 Å². The summed E-state index contributed by atoms with van der Waals surface area (Å²) in [5, 5.41) is 1.12. The second kappa shape index (κ2) is 6.59. The molecular weight excluding hydrogens is 264 g/mol. The smallest absolute Gasteiger partial charge is 0.337 e. The number of hydrogen-bond acceptors (Lipinski definition) is 3. The van der Waals surface area contributed by atoms with E-state index >= 15 is 0 Å². The number of carbonyl (C=O) groups is 1. The Morgan fingerprint density at radius 1 is 1.47 bits per heavy atom. The zero-order valence-corrected chi connectivity index (χ0v) is 11.9. The standard InChI is InChI=1S/C14H18N2O2.ClH/c1-3-11(15)6-10-8-16-13-7-9(14(17)18-2)4-5-12(10)13;/h4-5,7-8,11,16H,3,6,15H2,1-2H3;1H. The number of aromatic amines is 1. The van der Waals surface area contributed by atoms with Crippen LogP contribution in [0.2, 0.25) is 0 Å². The number of H-pyrrole nitrogens is 1. The van der Waals surface area contributed by atoms with Crippen molar-refractivity contribution < 1.29 is 9.53 Å². The van der Waals surface area contributed by atoms with Gasteiger partial charge >= 0.3 is 5.97 Å². The van der Waals surface area contributed by atoms with E-state index in [1.54, 1.807) is 6.07 Å². The van der Waals surface area contributed by atoms with Crippen molar-refractivity contribution in [1.29, 1.82) is 0 Å². The first kappa shape index (κ1) is 15.5. The number of halogens is 1. The molecule has 1 aromatic heterocycles. The third-order valence-corrected chi connectivity index (χ3v) is 3.20. The maximum Gasteiger partial charge on any atom is 0.337 e. The third kappa shape index (κ3) is 3.28. The van der Waals surface area contributed by atoms with Crippen LogP contribution in [0.3, 0.4) is 0 Å². The van der Waals surface area contributed by atoms with E-state index in [1.807, 2.05) is 18.3 Å². The minimum Gasteiger partial charge on any atom is -0.465 e. The number of ether oxygens (including phenoxy) is 1. The van der Waals surface area contributed by atoms with Gasteiger partial charge < -0.3 is 15.5 Å². The second-order valence-electron chi connectivity index (χ2n) is 4.44. The minimum absolute atomic E-state index is 0. The lowest BCUT2D eigenvalue weighted by atomic mass is 10.0. The molecule has 0 spiro atoms. The summed E-state index contributed by atoms with van der Waals surface area (Å²) < 4.78 is 4.70. The molecular formula is C14H19ClN2O2. The van der Waals surface area contributed by atoms with Crippen LogP contribution in [0.25, 0.3) is 10.9 Å². The van der Waals surface area contributed by atoms with E-state index in [1.165, 1.54) is 12.7 Å². The maximum atomic E-state index is 11.4. The van der Waals surface area contributed by atoms with Crippen molar-refractivity contribution in [1.82, 2.24) is 4.98 Å². The van der Waals surface area contributed by atoms with Crippen molar-refractivity contribution in [3.05, 3.63) is 35.5 Å². The molecule has 0 saturated carbocycles. The summed E-state index contributed by atoms with van der Waals surface area (Å²) in [5.74, 6) is -0.321. The van der Waals surface area contributed by atoms with E-state index in [-0.39, 0.29) is 24.4 Å². The molecule has 2 aromatic rings. The van der Waals surface area contributed by atoms with Crippen molar-refractivity contribution in [2.45, 2.75) is 25.8 Å². The zero-order valence-electron chi connectivity index (χ0n) is 11.1. The molecule has 0 aliphatic heterocycles. The van der Waals surface area contributed by atoms with E-state index in [4.69, 9.17) is 10.5 Å². The first-order valence-corrected chi connectivity index (χ1v) is 6.09. The molecule has 104 valence electrons. The highest BCUT2D eigenvalue weighted by Gasteiger charge is 2.10. The topological polar surface area (TPSA) is 68.1 Å². The van der Waals surface area contributed by atoms with Crippen LogP contribution >= 0.6 is 12.4 Å². The van der Waals surface area contributed by atoms with Crippen LogP contribution in [0, 0.1) is 0 Å². The van der Waals surface area contributed by atoms with Crippen molar-refractivity contribution in [2.75, 3.05) is 7.11 Å². The molecule has 19 heavy (non-hydrogen) atoms. The highest BCUT2D eigenvalue weighted by molar-refractivity contribution is 5.95. The monoisotopic (exact) mass is 282 g/mol. The summed E-state index contributed by atoms with van der Waals surface area (Å²) in [4.78, 5) is 14.6. The van der Waals surface area contributed by atoms with E-state index in [2.05, 4.69) is 11.9 Å². The van der Waals surface area contributed by atoms with Gasteiger partial charge in [0, 0.05) is 23.1 Å². The van der Waals surface area contributed by atoms with E-state index in [0.717, 1.165) is 23.7 Å². The molecule has 0 saturated heterocycles. The Balaban J connectivity index is 0.00000180. The molecule has 0 aliphatic rings. The number of methoxy groups -OCH3 is 1. The number of nitrogens with one attached hydrogen (secondary N) is 1. The van der Waals surface area contributed by atoms with Gasteiger partial charge in [0.1, 0.15) is 0 Å². The Morgan fingerprint density at radius 3 is 2.84 bits per heavy atom. The number of aromatic nitrogens is 1. The van der Waals surface area contributed by atoms with Gasteiger partial charge in [-0.25, -0.2) is 4.79 Å². The van der Waals surface area contributed by atoms with Gasteiger partial charge in [-0.2, -0.15) is 0 Å². The lowest BCUT2D eigenvalue weighted by Gasteiger charge is -2.07. The number of rotatable bonds is 4. The molecule has 4 nitrogen and oxygen atoms in total. The Bertz CT molecular complexity index is 566. The number of fused-ring (bicyclic) bond motifs is 1. The van der Waals surface area contributed by atoms with Crippen LogP contribution in [0.1, 0.15) is 29.3 Å². The van der Waals surface area contributed by atoms with Crippen molar-refractivity contribution in [3.63, 3.8) is 0 Å². The van der Waals surface area contributed by atoms with Crippen LogP contribution in [0.4, 0.5) is 0 Å². The first-order valence-electron chi connectivity index (χ1n) is 6.09. The Hall–Kier alpha value is -1.52. The van der Waals surface area contributed by atoms with Gasteiger partial charge in [0.25, 0.3) is 0 Å². The highest BCUT2D eigenvalue weighted by atomic mass is 35.5. The second-order valence-corrected chi connectivity index (χ2v) is 4.44. The summed E-state index contributed by atoms with van der Waals surface area (Å²) in [5.41, 5.74) is 8.65. The van der Waals surface area contributed by atoms with E-state index in [0.29, 0.717) is 5.56 Å². The van der Waals surface area contributed by atoms with Gasteiger partial charge in [-0.3, -0.25) is 0 Å². The van der Waals surface area contributed by atoms with Gasteiger partial charge in [-0.05, 0) is 30.5 Å². The van der Waals surface area contributed by atoms with Crippen LogP contribution < -0.4 is 5.73 Å². The molecule has 0 amide bonds. The molecule has 0 bridgehead atoms. The average molecular weight is 283 g/mol. The van der Waals surface area contributed by atoms with Crippen LogP contribution in [-0.4, -0.2) is 24.1 Å². The molecule has 1 aromatic carbocycles. The van der Waals surface area contributed by atoms with E-state index in [9.17, 15) is 4.79 Å². The fourth-order valence-electron chi connectivity index (χ4n) is 2.03. The summed E-state index contributed by atoms with van der Waals surface area (Å²) in [6.07, 6.45) is 3.75. The van der Waals surface area contributed by atoms with Gasteiger partial charge in [0.15, 0.2) is 0 Å². The fraction of sp³-hybridized carbons (Fsp3) is 0.357. The Morgan fingerprint density at radius 2 is 2.21 bits per heavy atom. The SMILES string of the molecule is CCC(N)Cc1c[nH]c2cc(C(=O)OC)ccc12.Cl. The van der Waals surface area contributed by atoms with E-state index < -0.39 is 0 Å². The predicted octanol–water partition coefficient (Wildman–Crippen LogP) is 2.66. The molecule has 1 atom stereocenters. The molecule has 5 heteroatoms. The normalized spacial score (nSPS) is 11.9. The average Bonchev–Trinajstić information content (AvgIpc) is 2.80. The molecule has 1 heterocycles. The lowest BCUT2D eigenvalue weighted by molar-refractivity contribution is 0.0601. The number of nitrogens with two attached hydrogens (primary N) is 1. The van der Waals surface area contributed by atoms with Crippen LogP contribution in [0.15, 0.2) is 24.4 Å². The molecule has 0 aliphatic carbocycles. The Labute approximate surface area is 118 Å². The van der Waals surface area contributed by atoms with Crippen molar-refractivity contribution >= 4 is 29.3 Å².